The molecule has 15 heteroatoms. The lowest BCUT2D eigenvalue weighted by Gasteiger charge is -2.37. The molecule has 1 aromatic carbocycles. The molecule has 0 saturated carbocycles. The minimum atomic E-state index is -2.87. The van der Waals surface area contributed by atoms with E-state index >= 15 is 0 Å². The van der Waals surface area contributed by atoms with Crippen LogP contribution in [0, 0.1) is 0 Å². The minimum Gasteiger partial charge on any atom is -0.369 e. The van der Waals surface area contributed by atoms with E-state index in [4.69, 9.17) is 0 Å². The van der Waals surface area contributed by atoms with Crippen molar-refractivity contribution < 1.29 is 22.6 Å². The summed E-state index contributed by atoms with van der Waals surface area (Å²) in [5.41, 5.74) is 0.762. The molecule has 3 aliphatic heterocycles. The standard InChI is InChI=1S/C30H36F2N8O4S/c31-26(32)24-17-20-18-33-30(37-27(20)36-29(24)43)34-21-7-9-40(10-8-21)45(44)16-15-38-11-13-39(14-12-38)22-3-1-19(2-4-22)23-5-6-25(41)35-28(23)42/h1-4,17-18,21,23,26H,5-16H2,(H,35,41,42)(H2,33,34,36,37,43). The van der Waals surface area contributed by atoms with Gasteiger partial charge in [-0.3, -0.25) is 24.6 Å². The number of nitrogens with zero attached hydrogens (tertiary/aromatic N) is 5. The largest absolute Gasteiger partial charge is 0.369 e. The third-order valence-corrected chi connectivity index (χ3v) is 10.3. The minimum absolute atomic E-state index is 0.0638. The second kappa shape index (κ2) is 13.7. The molecule has 6 rings (SSSR count). The van der Waals surface area contributed by atoms with Gasteiger partial charge in [0.1, 0.15) is 5.65 Å². The second-order valence-electron chi connectivity index (χ2n) is 11.6. The van der Waals surface area contributed by atoms with Crippen LogP contribution < -0.4 is 21.1 Å². The third-order valence-electron chi connectivity index (χ3n) is 8.79. The SMILES string of the molecule is O=C1CCC(c2ccc(N3CCN(CCS(=O)N4CCC(Nc5ncc6cc(C(F)F)c(=O)[nH]c6n5)CC4)CC3)cc2)C(=O)N1. The van der Waals surface area contributed by atoms with E-state index in [0.29, 0.717) is 43.0 Å². The molecule has 0 bridgehead atoms. The number of amides is 2. The number of benzene rings is 1. The summed E-state index contributed by atoms with van der Waals surface area (Å²) in [5.74, 6) is 0.167. The van der Waals surface area contributed by atoms with Gasteiger partial charge in [0.15, 0.2) is 0 Å². The lowest BCUT2D eigenvalue weighted by atomic mass is 9.90. The lowest BCUT2D eigenvalue weighted by molar-refractivity contribution is -0.134. The molecule has 3 saturated heterocycles. The molecule has 2 amide bonds. The number of aromatic nitrogens is 3. The number of rotatable bonds is 9. The summed E-state index contributed by atoms with van der Waals surface area (Å²) in [7, 11) is -1.09. The molecule has 2 aromatic heterocycles. The first-order valence-corrected chi connectivity index (χ1v) is 16.5. The van der Waals surface area contributed by atoms with Crippen LogP contribution in [0.4, 0.5) is 20.4 Å². The molecule has 3 fully saturated rings. The van der Waals surface area contributed by atoms with Crippen molar-refractivity contribution in [3.05, 3.63) is 58.0 Å². The van der Waals surface area contributed by atoms with Crippen molar-refractivity contribution in [2.75, 3.05) is 61.8 Å². The van der Waals surface area contributed by atoms with E-state index in [1.54, 1.807) is 0 Å². The Balaban J connectivity index is 0.917. The Hall–Kier alpha value is -3.82. The van der Waals surface area contributed by atoms with Gasteiger partial charge in [-0.15, -0.1) is 0 Å². The molecule has 3 aliphatic rings. The number of hydrogen-bond donors (Lipinski definition) is 3. The quantitative estimate of drug-likeness (QED) is 0.299. The Bertz CT molecular complexity index is 1620. The summed E-state index contributed by atoms with van der Waals surface area (Å²) in [6.07, 6.45) is 0.935. The van der Waals surface area contributed by atoms with Gasteiger partial charge in [-0.1, -0.05) is 12.1 Å². The molecule has 240 valence electrons. The van der Waals surface area contributed by atoms with E-state index < -0.39 is 28.5 Å². The summed E-state index contributed by atoms with van der Waals surface area (Å²) < 4.78 is 41.1. The lowest BCUT2D eigenvalue weighted by Crippen LogP contribution is -2.48. The van der Waals surface area contributed by atoms with Gasteiger partial charge < -0.3 is 15.2 Å². The van der Waals surface area contributed by atoms with Gasteiger partial charge in [-0.2, -0.15) is 4.98 Å². The van der Waals surface area contributed by atoms with Crippen molar-refractivity contribution in [2.45, 2.75) is 44.1 Å². The highest BCUT2D eigenvalue weighted by Gasteiger charge is 2.28. The van der Waals surface area contributed by atoms with E-state index in [9.17, 15) is 27.4 Å². The Morgan fingerprint density at radius 2 is 1.73 bits per heavy atom. The first kappa shape index (κ1) is 31.2. The van der Waals surface area contributed by atoms with Crippen LogP contribution in [-0.4, -0.2) is 97.8 Å². The zero-order valence-electron chi connectivity index (χ0n) is 24.7. The number of alkyl halides is 2. The number of pyridine rings is 1. The Morgan fingerprint density at radius 1 is 1.00 bits per heavy atom. The number of carbonyl (C=O) groups excluding carboxylic acids is 2. The number of piperidine rings is 2. The van der Waals surface area contributed by atoms with Crippen LogP contribution in [0.25, 0.3) is 11.0 Å². The number of fused-ring (bicyclic) bond motifs is 1. The Kier molecular flexibility index (Phi) is 9.47. The molecular weight excluding hydrogens is 606 g/mol. The Morgan fingerprint density at radius 3 is 2.42 bits per heavy atom. The highest BCUT2D eigenvalue weighted by atomic mass is 32.2. The molecule has 3 aromatic rings. The molecule has 5 heterocycles. The van der Waals surface area contributed by atoms with Crippen molar-refractivity contribution in [1.29, 1.82) is 0 Å². The fraction of sp³-hybridized carbons (Fsp3) is 0.500. The second-order valence-corrected chi connectivity index (χ2v) is 13.2. The summed E-state index contributed by atoms with van der Waals surface area (Å²) in [6.45, 7) is 5.55. The summed E-state index contributed by atoms with van der Waals surface area (Å²) in [6, 6.07) is 9.22. The van der Waals surface area contributed by atoms with Crippen molar-refractivity contribution >= 4 is 45.5 Å². The van der Waals surface area contributed by atoms with Crippen LogP contribution >= 0.6 is 0 Å². The van der Waals surface area contributed by atoms with E-state index in [1.807, 2.05) is 28.6 Å². The first-order chi connectivity index (χ1) is 21.7. The number of hydrogen-bond acceptors (Lipinski definition) is 9. The van der Waals surface area contributed by atoms with Crippen LogP contribution in [0.15, 0.2) is 41.3 Å². The highest BCUT2D eigenvalue weighted by Crippen LogP contribution is 2.27. The van der Waals surface area contributed by atoms with Crippen LogP contribution in [-0.2, 0) is 20.6 Å². The molecule has 45 heavy (non-hydrogen) atoms. The monoisotopic (exact) mass is 642 g/mol. The van der Waals surface area contributed by atoms with Crippen molar-refractivity contribution in [3.63, 3.8) is 0 Å². The van der Waals surface area contributed by atoms with Crippen LogP contribution in [0.3, 0.4) is 0 Å². The molecule has 0 spiro atoms. The third kappa shape index (κ3) is 7.36. The van der Waals surface area contributed by atoms with Crippen molar-refractivity contribution in [3.8, 4) is 0 Å². The number of nitrogens with one attached hydrogen (secondary N) is 3. The highest BCUT2D eigenvalue weighted by molar-refractivity contribution is 7.82. The predicted octanol–water partition coefficient (Wildman–Crippen LogP) is 2.14. The van der Waals surface area contributed by atoms with Gasteiger partial charge in [-0.05, 0) is 43.0 Å². The molecule has 3 N–H and O–H groups in total. The molecular formula is C30H36F2N8O4S. The fourth-order valence-electron chi connectivity index (χ4n) is 6.12. The van der Waals surface area contributed by atoms with Crippen LogP contribution in [0.1, 0.15) is 49.2 Å². The maximum atomic E-state index is 13.1. The average molecular weight is 643 g/mol. The zero-order valence-corrected chi connectivity index (χ0v) is 25.5. The molecule has 12 nitrogen and oxygen atoms in total. The van der Waals surface area contributed by atoms with Crippen molar-refractivity contribution in [1.82, 2.24) is 29.5 Å². The van der Waals surface area contributed by atoms with Gasteiger partial charge in [-0.25, -0.2) is 22.3 Å². The Labute approximate surface area is 261 Å². The van der Waals surface area contributed by atoms with E-state index in [1.165, 1.54) is 6.20 Å². The van der Waals surface area contributed by atoms with E-state index in [-0.39, 0.29) is 29.4 Å². The van der Waals surface area contributed by atoms with E-state index in [2.05, 4.69) is 35.4 Å². The average Bonchev–Trinajstić information content (AvgIpc) is 3.04. The van der Waals surface area contributed by atoms with Crippen molar-refractivity contribution in [2.24, 2.45) is 0 Å². The number of anilines is 2. The summed E-state index contributed by atoms with van der Waals surface area (Å²) in [4.78, 5) is 51.1. The first-order valence-electron chi connectivity index (χ1n) is 15.2. The van der Waals surface area contributed by atoms with Crippen LogP contribution in [0.2, 0.25) is 0 Å². The van der Waals surface area contributed by atoms with Gasteiger partial charge in [0.05, 0.1) is 28.2 Å². The van der Waals surface area contributed by atoms with Crippen LogP contribution in [0.5, 0.6) is 0 Å². The smallest absolute Gasteiger partial charge is 0.269 e. The summed E-state index contributed by atoms with van der Waals surface area (Å²) in [5, 5.41) is 6.01. The van der Waals surface area contributed by atoms with E-state index in [0.717, 1.165) is 62.9 Å². The number of imide groups is 1. The number of carbonyl (C=O) groups is 2. The number of H-pyrrole nitrogens is 1. The van der Waals surface area contributed by atoms with Gasteiger partial charge in [0, 0.05) is 75.5 Å². The van der Waals surface area contributed by atoms with Gasteiger partial charge in [0.25, 0.3) is 12.0 Å². The molecule has 0 radical (unpaired) electrons. The number of piperazine rings is 1. The summed E-state index contributed by atoms with van der Waals surface area (Å²) >= 11 is 0. The maximum absolute atomic E-state index is 13.1. The number of halogens is 2. The normalized spacial score (nSPS) is 21.3. The molecule has 2 unspecified atom stereocenters. The maximum Gasteiger partial charge on any atom is 0.269 e. The molecule has 0 aliphatic carbocycles. The number of aromatic amines is 1. The predicted molar refractivity (Wildman–Crippen MR) is 167 cm³/mol. The topological polar surface area (TPSA) is 144 Å². The van der Waals surface area contributed by atoms with Gasteiger partial charge >= 0.3 is 0 Å². The fourth-order valence-corrected chi connectivity index (χ4v) is 7.41. The zero-order chi connectivity index (χ0) is 31.5. The molecule has 2 atom stereocenters. The van der Waals surface area contributed by atoms with Gasteiger partial charge in [0.2, 0.25) is 17.8 Å².